The van der Waals surface area contributed by atoms with Crippen molar-refractivity contribution in [2.75, 3.05) is 13.7 Å². The highest BCUT2D eigenvalue weighted by Gasteiger charge is 2.19. The van der Waals surface area contributed by atoms with Gasteiger partial charge in [-0.15, -0.1) is 22.7 Å². The minimum Gasteiger partial charge on any atom is -0.475 e. The Morgan fingerprint density at radius 1 is 1.32 bits per heavy atom. The van der Waals surface area contributed by atoms with Crippen LogP contribution in [-0.4, -0.2) is 34.3 Å². The lowest BCUT2D eigenvalue weighted by atomic mass is 10.2. The van der Waals surface area contributed by atoms with Crippen molar-refractivity contribution in [2.24, 2.45) is 0 Å². The van der Waals surface area contributed by atoms with Crippen LogP contribution in [0.2, 0.25) is 0 Å². The molecule has 0 atom stereocenters. The summed E-state index contributed by atoms with van der Waals surface area (Å²) in [6.07, 6.45) is 0.459. The number of ether oxygens (including phenoxy) is 1. The van der Waals surface area contributed by atoms with E-state index in [0.717, 1.165) is 10.4 Å². The predicted molar refractivity (Wildman–Crippen MR) is 108 cm³/mol. The van der Waals surface area contributed by atoms with Crippen molar-refractivity contribution in [3.63, 3.8) is 0 Å². The Balaban J connectivity index is 1.85. The average molecular weight is 416 g/mol. The van der Waals surface area contributed by atoms with E-state index in [1.165, 1.54) is 22.0 Å². The summed E-state index contributed by atoms with van der Waals surface area (Å²) >= 11 is 3.00. The molecule has 0 bridgehead atoms. The Morgan fingerprint density at radius 2 is 2.18 bits per heavy atom. The molecule has 28 heavy (non-hydrogen) atoms. The molecule has 0 saturated heterocycles. The fourth-order valence-corrected chi connectivity index (χ4v) is 4.73. The van der Waals surface area contributed by atoms with Gasteiger partial charge in [-0.1, -0.05) is 6.07 Å². The maximum absolute atomic E-state index is 13.4. The van der Waals surface area contributed by atoms with Crippen LogP contribution in [0.15, 0.2) is 44.2 Å². The number of furan rings is 1. The molecular formula is C19H16N2O5S2. The minimum atomic E-state index is -1.15. The third-order valence-electron chi connectivity index (χ3n) is 4.28. The van der Waals surface area contributed by atoms with E-state index in [0.29, 0.717) is 34.8 Å². The molecule has 4 aromatic heterocycles. The summed E-state index contributed by atoms with van der Waals surface area (Å²) in [5.41, 5.74) is 0.694. The molecular weight excluding hydrogens is 400 g/mol. The molecule has 144 valence electrons. The number of aromatic nitrogens is 2. The van der Waals surface area contributed by atoms with Gasteiger partial charge in [0.25, 0.3) is 5.56 Å². The third kappa shape index (κ3) is 3.39. The van der Waals surface area contributed by atoms with E-state index < -0.39 is 5.97 Å². The number of aromatic carboxylic acids is 1. The Hall–Kier alpha value is -2.75. The quantitative estimate of drug-likeness (QED) is 0.493. The van der Waals surface area contributed by atoms with Gasteiger partial charge in [0.05, 0.1) is 18.5 Å². The fourth-order valence-electron chi connectivity index (χ4n) is 2.96. The number of carbonyl (C=O) groups is 1. The second-order valence-electron chi connectivity index (χ2n) is 6.04. The Labute approximate surface area is 167 Å². The second kappa shape index (κ2) is 7.70. The monoisotopic (exact) mass is 416 g/mol. The SMILES string of the molecule is COCCc1nc2scc(-c3cccs3)c2c(=O)n1Cc1ccc(C(=O)O)o1. The standard InChI is InChI=1S/C19H16N2O5S2/c1-25-7-6-15-20-17-16(12(10-28-17)14-3-2-8-27-14)18(22)21(15)9-11-4-5-13(26-11)19(23)24/h2-5,8,10H,6-7,9H2,1H3,(H,23,24). The number of methoxy groups -OCH3 is 1. The lowest BCUT2D eigenvalue weighted by Gasteiger charge is -2.11. The maximum Gasteiger partial charge on any atom is 0.371 e. The van der Waals surface area contributed by atoms with Gasteiger partial charge in [0.15, 0.2) is 0 Å². The van der Waals surface area contributed by atoms with Crippen molar-refractivity contribution in [1.29, 1.82) is 0 Å². The van der Waals surface area contributed by atoms with Crippen LogP contribution in [-0.2, 0) is 17.7 Å². The number of carboxylic acids is 1. The summed E-state index contributed by atoms with van der Waals surface area (Å²) in [5.74, 6) is -0.352. The molecule has 0 amide bonds. The van der Waals surface area contributed by atoms with Gasteiger partial charge in [-0.25, -0.2) is 9.78 Å². The first kappa shape index (κ1) is 18.6. The van der Waals surface area contributed by atoms with Gasteiger partial charge in [0.2, 0.25) is 5.76 Å². The van der Waals surface area contributed by atoms with Gasteiger partial charge in [0, 0.05) is 29.4 Å². The van der Waals surface area contributed by atoms with E-state index in [2.05, 4.69) is 0 Å². The van der Waals surface area contributed by atoms with E-state index in [1.54, 1.807) is 24.5 Å². The van der Waals surface area contributed by atoms with E-state index in [1.807, 2.05) is 22.9 Å². The Bertz CT molecular complexity index is 1190. The van der Waals surface area contributed by atoms with Crippen LogP contribution < -0.4 is 5.56 Å². The zero-order valence-electron chi connectivity index (χ0n) is 14.9. The summed E-state index contributed by atoms with van der Waals surface area (Å²) in [7, 11) is 1.59. The zero-order chi connectivity index (χ0) is 19.7. The van der Waals surface area contributed by atoms with Gasteiger partial charge in [-0.2, -0.15) is 0 Å². The molecule has 0 aromatic carbocycles. The van der Waals surface area contributed by atoms with Crippen LogP contribution in [0.3, 0.4) is 0 Å². The first-order valence-electron chi connectivity index (χ1n) is 8.44. The predicted octanol–water partition coefficient (Wildman–Crippen LogP) is 3.71. The van der Waals surface area contributed by atoms with Gasteiger partial charge in [0.1, 0.15) is 16.4 Å². The van der Waals surface area contributed by atoms with Crippen LogP contribution >= 0.6 is 22.7 Å². The number of hydrogen-bond donors (Lipinski definition) is 1. The molecule has 0 fully saturated rings. The molecule has 4 aromatic rings. The highest BCUT2D eigenvalue weighted by Crippen LogP contribution is 2.33. The van der Waals surface area contributed by atoms with Gasteiger partial charge >= 0.3 is 5.97 Å². The number of fused-ring (bicyclic) bond motifs is 1. The first-order valence-corrected chi connectivity index (χ1v) is 10.2. The fraction of sp³-hybridized carbons (Fsp3) is 0.211. The summed E-state index contributed by atoms with van der Waals surface area (Å²) in [5, 5.41) is 13.5. The van der Waals surface area contributed by atoms with Crippen LogP contribution in [0.5, 0.6) is 0 Å². The van der Waals surface area contributed by atoms with Crippen molar-refractivity contribution in [1.82, 2.24) is 9.55 Å². The lowest BCUT2D eigenvalue weighted by Crippen LogP contribution is -2.26. The molecule has 0 aliphatic carbocycles. The summed E-state index contributed by atoms with van der Waals surface area (Å²) in [4.78, 5) is 30.8. The first-order chi connectivity index (χ1) is 13.6. The largest absolute Gasteiger partial charge is 0.475 e. The van der Waals surface area contributed by atoms with E-state index in [4.69, 9.17) is 19.2 Å². The molecule has 0 radical (unpaired) electrons. The second-order valence-corrected chi connectivity index (χ2v) is 7.85. The maximum atomic E-state index is 13.4. The highest BCUT2D eigenvalue weighted by atomic mass is 32.1. The van der Waals surface area contributed by atoms with Gasteiger partial charge in [-0.05, 0) is 23.6 Å². The smallest absolute Gasteiger partial charge is 0.371 e. The van der Waals surface area contributed by atoms with Crippen molar-refractivity contribution in [3.8, 4) is 10.4 Å². The van der Waals surface area contributed by atoms with Crippen molar-refractivity contribution in [3.05, 3.63) is 62.7 Å². The summed E-state index contributed by atoms with van der Waals surface area (Å²) in [6, 6.07) is 6.86. The van der Waals surface area contributed by atoms with Crippen LogP contribution in [0.25, 0.3) is 20.7 Å². The van der Waals surface area contributed by atoms with Crippen molar-refractivity contribution in [2.45, 2.75) is 13.0 Å². The van der Waals surface area contributed by atoms with Gasteiger partial charge in [-0.3, -0.25) is 9.36 Å². The molecule has 0 aliphatic rings. The van der Waals surface area contributed by atoms with Crippen molar-refractivity contribution < 1.29 is 19.1 Å². The third-order valence-corrected chi connectivity index (χ3v) is 6.05. The number of thiophene rings is 2. The zero-order valence-corrected chi connectivity index (χ0v) is 16.5. The average Bonchev–Trinajstić information content (AvgIpc) is 3.42. The molecule has 7 nitrogen and oxygen atoms in total. The molecule has 1 N–H and O–H groups in total. The molecule has 0 spiro atoms. The molecule has 9 heteroatoms. The number of carboxylic acid groups (broad SMARTS) is 1. The van der Waals surface area contributed by atoms with E-state index in [9.17, 15) is 9.59 Å². The number of hydrogen-bond acceptors (Lipinski definition) is 7. The molecule has 0 aliphatic heterocycles. The normalized spacial score (nSPS) is 11.3. The minimum absolute atomic E-state index is 0.105. The molecule has 4 heterocycles. The van der Waals surface area contributed by atoms with E-state index >= 15 is 0 Å². The number of rotatable bonds is 7. The lowest BCUT2D eigenvalue weighted by molar-refractivity contribution is 0.0660. The summed E-state index contributed by atoms with van der Waals surface area (Å²) < 4.78 is 12.0. The molecule has 0 saturated carbocycles. The summed E-state index contributed by atoms with van der Waals surface area (Å²) in [6.45, 7) is 0.521. The Morgan fingerprint density at radius 3 is 2.86 bits per heavy atom. The van der Waals surface area contributed by atoms with Crippen LogP contribution in [0.1, 0.15) is 22.1 Å². The van der Waals surface area contributed by atoms with Gasteiger partial charge < -0.3 is 14.3 Å². The molecule has 0 unspecified atom stereocenters. The van der Waals surface area contributed by atoms with E-state index in [-0.39, 0.29) is 17.9 Å². The van der Waals surface area contributed by atoms with Crippen molar-refractivity contribution >= 4 is 38.9 Å². The molecule has 4 rings (SSSR count). The van der Waals surface area contributed by atoms with Crippen LogP contribution in [0.4, 0.5) is 0 Å². The Kier molecular flexibility index (Phi) is 5.12. The topological polar surface area (TPSA) is 94.6 Å². The highest BCUT2D eigenvalue weighted by molar-refractivity contribution is 7.18. The van der Waals surface area contributed by atoms with Crippen LogP contribution in [0, 0.1) is 0 Å². The number of nitrogens with zero attached hydrogens (tertiary/aromatic N) is 2.